The number of aromatic nitrogens is 4. The van der Waals surface area contributed by atoms with Gasteiger partial charge in [0.05, 0.1) is 19.6 Å². The van der Waals surface area contributed by atoms with E-state index in [1.54, 1.807) is 12.1 Å². The molecule has 37 heavy (non-hydrogen) atoms. The molecule has 0 atom stereocenters. The van der Waals surface area contributed by atoms with Crippen molar-refractivity contribution in [2.45, 2.75) is 58.5 Å². The standard InChI is InChI=1S/C29H34N6O2/c1-3-37-27-18-23(17-26(30)32-27)29-31-20(2)35(33-29)16-15-34(24-12-5-6-13-24)28(36)19-22-11-8-10-21-9-4-7-14-25(21)22/h4,7-11,14,17-18,24H,3,5-6,12-13,15-16,19H2,1-2H3,(H2,30,32). The third-order valence-electron chi connectivity index (χ3n) is 7.09. The van der Waals surface area contributed by atoms with Gasteiger partial charge in [-0.1, -0.05) is 55.3 Å². The smallest absolute Gasteiger partial charge is 0.227 e. The number of rotatable bonds is 9. The van der Waals surface area contributed by atoms with Gasteiger partial charge in [0.1, 0.15) is 11.6 Å². The number of hydrogen-bond donors (Lipinski definition) is 1. The maximum Gasteiger partial charge on any atom is 0.227 e. The average molecular weight is 499 g/mol. The second-order valence-electron chi connectivity index (χ2n) is 9.60. The minimum Gasteiger partial charge on any atom is -0.478 e. The SMILES string of the molecule is CCOc1cc(-c2nc(C)n(CCN(C(=O)Cc3cccc4ccccc34)C3CCCC3)n2)cc(N)n1. The van der Waals surface area contributed by atoms with Crippen LogP contribution in [0.4, 0.5) is 5.82 Å². The van der Waals surface area contributed by atoms with Gasteiger partial charge in [0, 0.05) is 24.2 Å². The van der Waals surface area contributed by atoms with Crippen molar-refractivity contribution in [2.24, 2.45) is 0 Å². The second-order valence-corrected chi connectivity index (χ2v) is 9.60. The molecule has 2 aromatic heterocycles. The van der Waals surface area contributed by atoms with Gasteiger partial charge in [0.15, 0.2) is 5.82 Å². The minimum absolute atomic E-state index is 0.171. The topological polar surface area (TPSA) is 99.2 Å². The molecular formula is C29H34N6O2. The highest BCUT2D eigenvalue weighted by atomic mass is 16.5. The van der Waals surface area contributed by atoms with E-state index in [0.717, 1.165) is 40.6 Å². The second kappa shape index (κ2) is 11.0. The molecule has 8 heteroatoms. The lowest BCUT2D eigenvalue weighted by molar-refractivity contribution is -0.132. The number of carbonyl (C=O) groups excluding carboxylic acids is 1. The first-order chi connectivity index (χ1) is 18.0. The lowest BCUT2D eigenvalue weighted by Gasteiger charge is -2.29. The first kappa shape index (κ1) is 24.7. The Balaban J connectivity index is 1.34. The van der Waals surface area contributed by atoms with E-state index in [1.807, 2.05) is 36.7 Å². The van der Waals surface area contributed by atoms with Crippen molar-refractivity contribution in [2.75, 3.05) is 18.9 Å². The summed E-state index contributed by atoms with van der Waals surface area (Å²) in [6, 6.07) is 18.3. The molecule has 0 radical (unpaired) electrons. The maximum absolute atomic E-state index is 13.7. The summed E-state index contributed by atoms with van der Waals surface area (Å²) in [6.45, 7) is 5.51. The van der Waals surface area contributed by atoms with E-state index in [-0.39, 0.29) is 11.9 Å². The maximum atomic E-state index is 13.7. The Labute approximate surface area is 217 Å². The van der Waals surface area contributed by atoms with Crippen molar-refractivity contribution in [1.29, 1.82) is 0 Å². The quantitative estimate of drug-likeness (QED) is 0.356. The van der Waals surface area contributed by atoms with Crippen LogP contribution < -0.4 is 10.5 Å². The number of amides is 1. The number of ether oxygens (including phenoxy) is 1. The average Bonchev–Trinajstić information content (AvgIpc) is 3.55. The molecule has 0 aliphatic heterocycles. The highest BCUT2D eigenvalue weighted by Gasteiger charge is 2.27. The summed E-state index contributed by atoms with van der Waals surface area (Å²) in [5.74, 6) is 2.35. The lowest BCUT2D eigenvalue weighted by Crippen LogP contribution is -2.42. The highest BCUT2D eigenvalue weighted by molar-refractivity contribution is 5.90. The third kappa shape index (κ3) is 5.58. The van der Waals surface area contributed by atoms with E-state index in [2.05, 4.69) is 39.1 Å². The third-order valence-corrected chi connectivity index (χ3v) is 7.09. The molecule has 192 valence electrons. The van der Waals surface area contributed by atoms with E-state index in [0.29, 0.717) is 43.6 Å². The summed E-state index contributed by atoms with van der Waals surface area (Å²) in [4.78, 5) is 24.6. The Morgan fingerprint density at radius 3 is 2.70 bits per heavy atom. The van der Waals surface area contributed by atoms with Crippen molar-refractivity contribution in [3.05, 3.63) is 66.0 Å². The van der Waals surface area contributed by atoms with Gasteiger partial charge in [-0.25, -0.2) is 9.67 Å². The Morgan fingerprint density at radius 1 is 1.11 bits per heavy atom. The van der Waals surface area contributed by atoms with Gasteiger partial charge in [-0.3, -0.25) is 4.79 Å². The minimum atomic E-state index is 0.171. The van der Waals surface area contributed by atoms with Gasteiger partial charge in [0.25, 0.3) is 0 Å². The molecule has 1 fully saturated rings. The summed E-state index contributed by atoms with van der Waals surface area (Å²) in [5.41, 5.74) is 7.81. The van der Waals surface area contributed by atoms with Crippen molar-refractivity contribution in [1.82, 2.24) is 24.6 Å². The Morgan fingerprint density at radius 2 is 1.89 bits per heavy atom. The van der Waals surface area contributed by atoms with Crippen LogP contribution in [-0.2, 0) is 17.8 Å². The molecule has 0 spiro atoms. The number of fused-ring (bicyclic) bond motifs is 1. The molecule has 1 aliphatic rings. The predicted octanol–water partition coefficient (Wildman–Crippen LogP) is 4.80. The molecule has 1 aliphatic carbocycles. The lowest BCUT2D eigenvalue weighted by atomic mass is 10.0. The van der Waals surface area contributed by atoms with Crippen LogP contribution in [0.25, 0.3) is 22.2 Å². The molecule has 1 saturated carbocycles. The molecule has 0 saturated heterocycles. The Hall–Kier alpha value is -3.94. The van der Waals surface area contributed by atoms with E-state index >= 15 is 0 Å². The van der Waals surface area contributed by atoms with E-state index < -0.39 is 0 Å². The van der Waals surface area contributed by atoms with Crippen molar-refractivity contribution in [3.63, 3.8) is 0 Å². The molecule has 5 rings (SSSR count). The van der Waals surface area contributed by atoms with Gasteiger partial charge in [-0.05, 0) is 49.1 Å². The van der Waals surface area contributed by atoms with Crippen LogP contribution >= 0.6 is 0 Å². The summed E-state index contributed by atoms with van der Waals surface area (Å²) < 4.78 is 7.40. The zero-order valence-corrected chi connectivity index (χ0v) is 21.6. The monoisotopic (exact) mass is 498 g/mol. The van der Waals surface area contributed by atoms with E-state index in [4.69, 9.17) is 15.6 Å². The molecule has 1 amide bonds. The molecule has 2 heterocycles. The van der Waals surface area contributed by atoms with Gasteiger partial charge >= 0.3 is 0 Å². The van der Waals surface area contributed by atoms with Gasteiger partial charge in [-0.15, -0.1) is 0 Å². The first-order valence-electron chi connectivity index (χ1n) is 13.1. The van der Waals surface area contributed by atoms with Crippen LogP contribution in [0.15, 0.2) is 54.6 Å². The van der Waals surface area contributed by atoms with Gasteiger partial charge < -0.3 is 15.4 Å². The highest BCUT2D eigenvalue weighted by Crippen LogP contribution is 2.26. The Kier molecular flexibility index (Phi) is 7.35. The molecule has 8 nitrogen and oxygen atoms in total. The fraction of sp³-hybridized carbons (Fsp3) is 0.379. The Bertz CT molecular complexity index is 1390. The van der Waals surface area contributed by atoms with Gasteiger partial charge in [-0.2, -0.15) is 10.1 Å². The summed E-state index contributed by atoms with van der Waals surface area (Å²) in [7, 11) is 0. The molecule has 4 aromatic rings. The molecule has 2 aromatic carbocycles. The number of benzene rings is 2. The predicted molar refractivity (Wildman–Crippen MR) is 145 cm³/mol. The zero-order chi connectivity index (χ0) is 25.8. The van der Waals surface area contributed by atoms with E-state index in [9.17, 15) is 4.79 Å². The largest absolute Gasteiger partial charge is 0.478 e. The normalized spacial score (nSPS) is 13.8. The number of aryl methyl sites for hydroxylation is 1. The van der Waals surface area contributed by atoms with Crippen molar-refractivity contribution in [3.8, 4) is 17.3 Å². The summed E-state index contributed by atoms with van der Waals surface area (Å²) in [6.07, 6.45) is 4.84. The zero-order valence-electron chi connectivity index (χ0n) is 21.6. The van der Waals surface area contributed by atoms with Crippen LogP contribution in [0, 0.1) is 6.92 Å². The van der Waals surface area contributed by atoms with Crippen LogP contribution in [-0.4, -0.2) is 49.7 Å². The van der Waals surface area contributed by atoms with Crippen LogP contribution in [0.2, 0.25) is 0 Å². The number of nitrogens with two attached hydrogens (primary N) is 1. The molecular weight excluding hydrogens is 464 g/mol. The number of hydrogen-bond acceptors (Lipinski definition) is 6. The number of carbonyl (C=O) groups is 1. The van der Waals surface area contributed by atoms with Crippen LogP contribution in [0.1, 0.15) is 44.0 Å². The first-order valence-corrected chi connectivity index (χ1v) is 13.1. The van der Waals surface area contributed by atoms with Gasteiger partial charge in [0.2, 0.25) is 11.8 Å². The number of nitrogens with zero attached hydrogens (tertiary/aromatic N) is 5. The van der Waals surface area contributed by atoms with Crippen LogP contribution in [0.3, 0.4) is 0 Å². The number of anilines is 1. The molecule has 2 N–H and O–H groups in total. The van der Waals surface area contributed by atoms with Crippen molar-refractivity contribution >= 4 is 22.5 Å². The van der Waals surface area contributed by atoms with Crippen LogP contribution in [0.5, 0.6) is 5.88 Å². The summed E-state index contributed by atoms with van der Waals surface area (Å²) >= 11 is 0. The molecule has 0 unspecified atom stereocenters. The number of pyridine rings is 1. The molecule has 0 bridgehead atoms. The van der Waals surface area contributed by atoms with E-state index in [1.165, 1.54) is 12.8 Å². The summed E-state index contributed by atoms with van der Waals surface area (Å²) in [5, 5.41) is 7.04. The fourth-order valence-electron chi connectivity index (χ4n) is 5.27. The fourth-order valence-corrected chi connectivity index (χ4v) is 5.27. The number of nitrogen functional groups attached to an aromatic ring is 1. The van der Waals surface area contributed by atoms with Crippen molar-refractivity contribution < 1.29 is 9.53 Å².